The molecule has 0 spiro atoms. The lowest BCUT2D eigenvalue weighted by Gasteiger charge is -2.27. The Balaban J connectivity index is 0. The topological polar surface area (TPSA) is 75.2 Å². The molecule has 190 valence electrons. The molecule has 0 saturated carbocycles. The number of hydrogen-bond donors (Lipinski definition) is 1. The zero-order valence-corrected chi connectivity index (χ0v) is 22.7. The standard InChI is InChI=1S/C16H35O4P.C9H21N/c1-5-9-11-15(7-3)13-19-21(17,18)20-14-16(8-4)12-10-6-2;1-3-4-5-6-7-8-9-10-2/h15-16H,5-14H2,1-4H3,(H,17,18);10H,3-9H2,1-2H3. The minimum atomic E-state index is -4.14. The summed E-state index contributed by atoms with van der Waals surface area (Å²) in [5.41, 5.74) is 0. The molecule has 0 amide bonds. The first-order chi connectivity index (χ1) is 14.9. The van der Waals surface area contributed by atoms with Gasteiger partial charge in [-0.3, -0.25) is 4.57 Å². The van der Waals surface area contributed by atoms with Crippen molar-refractivity contribution in [3.05, 3.63) is 0 Å². The molecule has 0 aromatic carbocycles. The maximum Gasteiger partial charge on any atom is 0.267 e. The average Bonchev–Trinajstić information content (AvgIpc) is 2.77. The van der Waals surface area contributed by atoms with Crippen molar-refractivity contribution in [1.29, 1.82) is 0 Å². The van der Waals surface area contributed by atoms with Crippen molar-refractivity contribution in [1.82, 2.24) is 0 Å². The molecule has 2 N–H and O–H groups in total. The molecular weight excluding hydrogens is 409 g/mol. The number of rotatable bonds is 21. The number of phosphoric ester groups is 1. The van der Waals surface area contributed by atoms with Crippen LogP contribution in [0.5, 0.6) is 0 Å². The maximum atomic E-state index is 11.8. The van der Waals surface area contributed by atoms with Crippen LogP contribution in [0.3, 0.4) is 0 Å². The van der Waals surface area contributed by atoms with Crippen LogP contribution in [-0.2, 0) is 13.6 Å². The van der Waals surface area contributed by atoms with Crippen molar-refractivity contribution in [3.8, 4) is 0 Å². The van der Waals surface area contributed by atoms with Gasteiger partial charge in [-0.05, 0) is 37.5 Å². The lowest BCUT2D eigenvalue weighted by molar-refractivity contribution is -0.627. The molecule has 0 aromatic heterocycles. The summed E-state index contributed by atoms with van der Waals surface area (Å²) < 4.78 is 21.9. The van der Waals surface area contributed by atoms with Gasteiger partial charge in [0.2, 0.25) is 0 Å². The number of nitrogens with two attached hydrogens (primary N) is 1. The minimum Gasteiger partial charge on any atom is -0.756 e. The third-order valence-corrected chi connectivity index (χ3v) is 6.80. The molecule has 0 saturated heterocycles. The van der Waals surface area contributed by atoms with Gasteiger partial charge in [-0.25, -0.2) is 0 Å². The molecule has 2 atom stereocenters. The summed E-state index contributed by atoms with van der Waals surface area (Å²) in [6.07, 6.45) is 16.9. The van der Waals surface area contributed by atoms with Gasteiger partial charge in [0.1, 0.15) is 0 Å². The highest BCUT2D eigenvalue weighted by atomic mass is 31.2. The second-order valence-corrected chi connectivity index (χ2v) is 10.2. The summed E-state index contributed by atoms with van der Waals surface area (Å²) in [5.74, 6) is 0.607. The Bertz CT molecular complexity index is 364. The van der Waals surface area contributed by atoms with Gasteiger partial charge in [-0.15, -0.1) is 0 Å². The molecule has 0 aliphatic rings. The molecule has 0 aliphatic carbocycles. The van der Waals surface area contributed by atoms with Crippen molar-refractivity contribution < 1.29 is 23.8 Å². The quantitative estimate of drug-likeness (QED) is 0.156. The summed E-state index contributed by atoms with van der Waals surface area (Å²) in [4.78, 5) is 11.8. The molecule has 0 aliphatic heterocycles. The van der Waals surface area contributed by atoms with Crippen LogP contribution in [-0.4, -0.2) is 26.8 Å². The Morgan fingerprint density at radius 3 is 1.52 bits per heavy atom. The van der Waals surface area contributed by atoms with Crippen molar-refractivity contribution in [2.75, 3.05) is 26.8 Å². The fraction of sp³-hybridized carbons (Fsp3) is 1.00. The van der Waals surface area contributed by atoms with Gasteiger partial charge in [-0.1, -0.05) is 98.8 Å². The van der Waals surface area contributed by atoms with Crippen molar-refractivity contribution in [2.24, 2.45) is 11.8 Å². The van der Waals surface area contributed by atoms with E-state index in [2.05, 4.69) is 47.0 Å². The highest BCUT2D eigenvalue weighted by Gasteiger charge is 2.16. The Kier molecular flexibility index (Phi) is 26.5. The van der Waals surface area contributed by atoms with Crippen LogP contribution in [0.2, 0.25) is 0 Å². The van der Waals surface area contributed by atoms with E-state index in [1.807, 2.05) is 0 Å². The van der Waals surface area contributed by atoms with Gasteiger partial charge < -0.3 is 19.3 Å². The lowest BCUT2D eigenvalue weighted by atomic mass is 10.0. The fourth-order valence-corrected chi connectivity index (χ4v) is 4.22. The van der Waals surface area contributed by atoms with Gasteiger partial charge in [0.05, 0.1) is 26.8 Å². The molecule has 0 fully saturated rings. The first kappa shape index (κ1) is 33.2. The SMILES string of the molecule is CCCCC(CC)COP(=O)([O-])OCC(CC)CCCC.CCCCCCCC[NH2+]C. The highest BCUT2D eigenvalue weighted by Crippen LogP contribution is 2.40. The van der Waals surface area contributed by atoms with Gasteiger partial charge >= 0.3 is 0 Å². The molecule has 0 rings (SSSR count). The highest BCUT2D eigenvalue weighted by molar-refractivity contribution is 7.45. The minimum absolute atomic E-state index is 0.253. The maximum absolute atomic E-state index is 11.8. The average molecular weight is 466 g/mol. The van der Waals surface area contributed by atoms with Crippen LogP contribution < -0.4 is 10.2 Å². The zero-order valence-electron chi connectivity index (χ0n) is 21.8. The molecular formula is C25H56NO4P. The molecule has 6 heteroatoms. The van der Waals surface area contributed by atoms with Crippen molar-refractivity contribution in [2.45, 2.75) is 125 Å². The Morgan fingerprint density at radius 2 is 1.13 bits per heavy atom. The number of quaternary nitrogens is 1. The van der Waals surface area contributed by atoms with Gasteiger partial charge in [0.25, 0.3) is 7.82 Å². The van der Waals surface area contributed by atoms with Crippen LogP contribution in [0, 0.1) is 11.8 Å². The van der Waals surface area contributed by atoms with Crippen LogP contribution in [0.15, 0.2) is 0 Å². The predicted molar refractivity (Wildman–Crippen MR) is 132 cm³/mol. The van der Waals surface area contributed by atoms with Crippen LogP contribution in [0.25, 0.3) is 0 Å². The van der Waals surface area contributed by atoms with E-state index in [1.165, 1.54) is 45.1 Å². The van der Waals surface area contributed by atoms with E-state index in [0.717, 1.165) is 51.4 Å². The summed E-state index contributed by atoms with van der Waals surface area (Å²) in [6, 6.07) is 0. The summed E-state index contributed by atoms with van der Waals surface area (Å²) in [5, 5.41) is 2.26. The van der Waals surface area contributed by atoms with Gasteiger partial charge in [0, 0.05) is 0 Å². The fourth-order valence-electron chi connectivity index (χ4n) is 3.36. The second-order valence-electron chi connectivity index (χ2n) is 8.84. The molecule has 0 bridgehead atoms. The Hall–Kier alpha value is 0.0700. The second kappa shape index (κ2) is 24.7. The van der Waals surface area contributed by atoms with E-state index < -0.39 is 7.82 Å². The van der Waals surface area contributed by atoms with E-state index >= 15 is 0 Å². The Morgan fingerprint density at radius 1 is 0.710 bits per heavy atom. The Labute approximate surface area is 195 Å². The molecule has 2 unspecified atom stereocenters. The van der Waals surface area contributed by atoms with E-state index in [9.17, 15) is 9.46 Å². The van der Waals surface area contributed by atoms with Crippen LogP contribution in [0.1, 0.15) is 125 Å². The zero-order chi connectivity index (χ0) is 23.8. The largest absolute Gasteiger partial charge is 0.756 e. The number of phosphoric acid groups is 1. The molecule has 0 aromatic rings. The summed E-state index contributed by atoms with van der Waals surface area (Å²) >= 11 is 0. The van der Waals surface area contributed by atoms with Crippen molar-refractivity contribution >= 4 is 7.82 Å². The van der Waals surface area contributed by atoms with Crippen LogP contribution in [0.4, 0.5) is 0 Å². The van der Waals surface area contributed by atoms with E-state index in [-0.39, 0.29) is 13.2 Å². The third kappa shape index (κ3) is 24.5. The van der Waals surface area contributed by atoms with Crippen LogP contribution >= 0.6 is 7.82 Å². The van der Waals surface area contributed by atoms with E-state index in [1.54, 1.807) is 0 Å². The summed E-state index contributed by atoms with van der Waals surface area (Å²) in [6.45, 7) is 12.5. The monoisotopic (exact) mass is 465 g/mol. The van der Waals surface area contributed by atoms with Crippen molar-refractivity contribution in [3.63, 3.8) is 0 Å². The smallest absolute Gasteiger partial charge is 0.267 e. The third-order valence-electron chi connectivity index (χ3n) is 5.87. The normalized spacial score (nSPS) is 15.1. The predicted octanol–water partition coefficient (Wildman–Crippen LogP) is 6.46. The molecule has 0 radical (unpaired) electrons. The first-order valence-electron chi connectivity index (χ1n) is 13.3. The first-order valence-corrected chi connectivity index (χ1v) is 14.7. The van der Waals surface area contributed by atoms with Gasteiger partial charge in [-0.2, -0.15) is 0 Å². The van der Waals surface area contributed by atoms with E-state index in [0.29, 0.717) is 11.8 Å². The number of unbranched alkanes of at least 4 members (excludes halogenated alkanes) is 7. The molecule has 0 heterocycles. The lowest BCUT2D eigenvalue weighted by Crippen LogP contribution is -2.79. The van der Waals surface area contributed by atoms with Gasteiger partial charge in [0.15, 0.2) is 0 Å². The number of hydrogen-bond acceptors (Lipinski definition) is 4. The molecule has 31 heavy (non-hydrogen) atoms. The summed E-state index contributed by atoms with van der Waals surface area (Å²) in [7, 11) is -2.00. The molecule has 5 nitrogen and oxygen atoms in total. The van der Waals surface area contributed by atoms with E-state index in [4.69, 9.17) is 9.05 Å².